The molecule has 0 spiro atoms. The molecule has 18 heavy (non-hydrogen) atoms. The summed E-state index contributed by atoms with van der Waals surface area (Å²) in [5.74, 6) is -0.318. The molecule has 1 heterocycles. The largest absolute Gasteiger partial charge is 0.388 e. The topological polar surface area (TPSA) is 38.0 Å². The Morgan fingerprint density at radius 3 is 2.50 bits per heavy atom. The number of hydrogen-bond acceptors (Lipinski definition) is 2. The van der Waals surface area contributed by atoms with E-state index in [1.807, 2.05) is 6.92 Å². The molecule has 1 N–H and O–H groups in total. The lowest BCUT2D eigenvalue weighted by atomic mass is 10.0. The van der Waals surface area contributed by atoms with Gasteiger partial charge in [0.2, 0.25) is 0 Å². The second kappa shape index (κ2) is 5.08. The molecule has 0 amide bonds. The Hall–Kier alpha value is -1.39. The Labute approximate surface area is 110 Å². The van der Waals surface area contributed by atoms with Crippen molar-refractivity contribution in [2.75, 3.05) is 0 Å². The summed E-state index contributed by atoms with van der Waals surface area (Å²) in [6.45, 7) is 1.85. The lowest BCUT2D eigenvalue weighted by Crippen LogP contribution is -2.03. The van der Waals surface area contributed by atoms with Gasteiger partial charge in [-0.05, 0) is 24.6 Å². The quantitative estimate of drug-likeness (QED) is 0.930. The Morgan fingerprint density at radius 2 is 2.00 bits per heavy atom. The molecule has 1 unspecified atom stereocenters. The molecule has 0 bridgehead atoms. The van der Waals surface area contributed by atoms with Crippen molar-refractivity contribution < 1.29 is 9.50 Å². The van der Waals surface area contributed by atoms with E-state index in [9.17, 15) is 9.50 Å². The monoisotopic (exact) mass is 268 g/mol. The number of benzene rings is 1. The first kappa shape index (κ1) is 13.1. The highest BCUT2D eigenvalue weighted by molar-refractivity contribution is 6.30. The summed E-state index contributed by atoms with van der Waals surface area (Å²) >= 11 is 6.10. The highest BCUT2D eigenvalue weighted by atomic mass is 35.5. The fourth-order valence-corrected chi connectivity index (χ4v) is 2.15. The van der Waals surface area contributed by atoms with E-state index in [2.05, 4.69) is 5.10 Å². The van der Waals surface area contributed by atoms with Crippen LogP contribution in [0, 0.1) is 12.7 Å². The van der Waals surface area contributed by atoms with E-state index >= 15 is 0 Å². The van der Waals surface area contributed by atoms with Crippen LogP contribution in [0.15, 0.2) is 24.3 Å². The Kier molecular flexibility index (Phi) is 3.68. The van der Waals surface area contributed by atoms with Crippen LogP contribution in [0.5, 0.6) is 0 Å². The zero-order valence-electron chi connectivity index (χ0n) is 10.2. The standard InChI is InChI=1S/C13H14ClFN2O/c1-8-11(13(14)17(2)16-8)7-12(18)9-3-5-10(15)6-4-9/h3-6,12,18H,7H2,1-2H3. The molecule has 2 rings (SSSR count). The van der Waals surface area contributed by atoms with Gasteiger partial charge in [0.15, 0.2) is 0 Å². The summed E-state index contributed by atoms with van der Waals surface area (Å²) in [6, 6.07) is 5.80. The molecule has 1 atom stereocenters. The first-order valence-electron chi connectivity index (χ1n) is 5.60. The summed E-state index contributed by atoms with van der Waals surface area (Å²) in [7, 11) is 1.75. The maximum Gasteiger partial charge on any atom is 0.130 e. The molecule has 0 aliphatic rings. The van der Waals surface area contributed by atoms with Gasteiger partial charge < -0.3 is 5.11 Å². The number of aliphatic hydroxyl groups is 1. The van der Waals surface area contributed by atoms with E-state index in [1.54, 1.807) is 23.9 Å². The van der Waals surface area contributed by atoms with Gasteiger partial charge in [0, 0.05) is 19.0 Å². The van der Waals surface area contributed by atoms with Crippen molar-refractivity contribution in [3.8, 4) is 0 Å². The Bertz CT molecular complexity index is 551. The molecule has 0 aliphatic heterocycles. The minimum Gasteiger partial charge on any atom is -0.388 e. The van der Waals surface area contributed by atoms with Gasteiger partial charge in [-0.2, -0.15) is 5.10 Å². The minimum atomic E-state index is -0.717. The van der Waals surface area contributed by atoms with Crippen LogP contribution in [0.25, 0.3) is 0 Å². The Balaban J connectivity index is 2.21. The van der Waals surface area contributed by atoms with Gasteiger partial charge in [-0.25, -0.2) is 4.39 Å². The first-order chi connectivity index (χ1) is 8.49. The van der Waals surface area contributed by atoms with Crippen molar-refractivity contribution in [1.82, 2.24) is 9.78 Å². The SMILES string of the molecule is Cc1nn(C)c(Cl)c1CC(O)c1ccc(F)cc1. The van der Waals surface area contributed by atoms with Crippen molar-refractivity contribution in [3.63, 3.8) is 0 Å². The van der Waals surface area contributed by atoms with Crippen LogP contribution in [0.3, 0.4) is 0 Å². The molecular formula is C13H14ClFN2O. The summed E-state index contributed by atoms with van der Waals surface area (Å²) in [4.78, 5) is 0. The molecule has 0 aliphatic carbocycles. The second-order valence-corrected chi connectivity index (χ2v) is 4.61. The summed E-state index contributed by atoms with van der Waals surface area (Å²) in [5, 5.41) is 14.8. The van der Waals surface area contributed by atoms with Crippen LogP contribution in [-0.2, 0) is 13.5 Å². The van der Waals surface area contributed by atoms with E-state index in [4.69, 9.17) is 11.6 Å². The van der Waals surface area contributed by atoms with Crippen molar-refractivity contribution in [1.29, 1.82) is 0 Å². The third kappa shape index (κ3) is 2.54. The normalized spacial score (nSPS) is 12.7. The van der Waals surface area contributed by atoms with Gasteiger partial charge in [-0.1, -0.05) is 23.7 Å². The molecule has 96 valence electrons. The van der Waals surface area contributed by atoms with Crippen molar-refractivity contribution in [2.24, 2.45) is 7.05 Å². The van der Waals surface area contributed by atoms with Gasteiger partial charge in [0.05, 0.1) is 11.8 Å². The molecule has 0 fully saturated rings. The van der Waals surface area contributed by atoms with E-state index in [0.29, 0.717) is 17.1 Å². The minimum absolute atomic E-state index is 0.318. The molecule has 5 heteroatoms. The van der Waals surface area contributed by atoms with Gasteiger partial charge in [0.1, 0.15) is 11.0 Å². The van der Waals surface area contributed by atoms with Crippen molar-refractivity contribution in [2.45, 2.75) is 19.4 Å². The number of halogens is 2. The molecule has 1 aromatic heterocycles. The van der Waals surface area contributed by atoms with Crippen LogP contribution in [0.4, 0.5) is 4.39 Å². The highest BCUT2D eigenvalue weighted by Gasteiger charge is 2.16. The maximum absolute atomic E-state index is 12.8. The average Bonchev–Trinajstić information content (AvgIpc) is 2.57. The third-order valence-corrected chi connectivity index (χ3v) is 3.39. The predicted octanol–water partition coefficient (Wildman–Crippen LogP) is 2.80. The average molecular weight is 269 g/mol. The van der Waals surface area contributed by atoms with Gasteiger partial charge in [0.25, 0.3) is 0 Å². The fraction of sp³-hybridized carbons (Fsp3) is 0.308. The maximum atomic E-state index is 12.8. The van der Waals surface area contributed by atoms with Crippen LogP contribution in [0.2, 0.25) is 5.15 Å². The number of hydrogen-bond donors (Lipinski definition) is 1. The van der Waals surface area contributed by atoms with Crippen LogP contribution >= 0.6 is 11.6 Å². The highest BCUT2D eigenvalue weighted by Crippen LogP contribution is 2.25. The number of aliphatic hydroxyl groups excluding tert-OH is 1. The predicted molar refractivity (Wildman–Crippen MR) is 68.0 cm³/mol. The molecule has 0 radical (unpaired) electrons. The molecule has 0 saturated heterocycles. The van der Waals surface area contributed by atoms with E-state index in [1.165, 1.54) is 12.1 Å². The van der Waals surface area contributed by atoms with Crippen LogP contribution in [0.1, 0.15) is 22.9 Å². The third-order valence-electron chi connectivity index (χ3n) is 2.92. The smallest absolute Gasteiger partial charge is 0.130 e. The van der Waals surface area contributed by atoms with Gasteiger partial charge in [-0.15, -0.1) is 0 Å². The number of aromatic nitrogens is 2. The summed E-state index contributed by atoms with van der Waals surface area (Å²) in [6.07, 6.45) is -0.351. The second-order valence-electron chi connectivity index (χ2n) is 4.25. The van der Waals surface area contributed by atoms with E-state index in [-0.39, 0.29) is 5.82 Å². The number of rotatable bonds is 3. The van der Waals surface area contributed by atoms with E-state index in [0.717, 1.165) is 11.3 Å². The molecule has 3 nitrogen and oxygen atoms in total. The van der Waals surface area contributed by atoms with Crippen LogP contribution < -0.4 is 0 Å². The van der Waals surface area contributed by atoms with Crippen molar-refractivity contribution in [3.05, 3.63) is 52.1 Å². The molecule has 2 aromatic rings. The van der Waals surface area contributed by atoms with Gasteiger partial charge in [-0.3, -0.25) is 4.68 Å². The van der Waals surface area contributed by atoms with E-state index < -0.39 is 6.10 Å². The fourth-order valence-electron chi connectivity index (χ4n) is 1.90. The molecule has 0 saturated carbocycles. The van der Waals surface area contributed by atoms with Crippen molar-refractivity contribution >= 4 is 11.6 Å². The van der Waals surface area contributed by atoms with Gasteiger partial charge >= 0.3 is 0 Å². The zero-order valence-corrected chi connectivity index (χ0v) is 10.9. The number of aryl methyl sites for hydroxylation is 2. The van der Waals surface area contributed by atoms with Crippen LogP contribution in [-0.4, -0.2) is 14.9 Å². The first-order valence-corrected chi connectivity index (χ1v) is 5.98. The Morgan fingerprint density at radius 1 is 1.39 bits per heavy atom. The number of nitrogens with zero attached hydrogens (tertiary/aromatic N) is 2. The molecular weight excluding hydrogens is 255 g/mol. The summed E-state index contributed by atoms with van der Waals surface area (Å²) < 4.78 is 14.4. The summed E-state index contributed by atoms with van der Waals surface area (Å²) in [5.41, 5.74) is 2.27. The molecule has 1 aromatic carbocycles. The lowest BCUT2D eigenvalue weighted by Gasteiger charge is -2.10. The lowest BCUT2D eigenvalue weighted by molar-refractivity contribution is 0.178. The zero-order chi connectivity index (χ0) is 13.3.